The number of thiocarbonyl (C=S) groups is 1. The molecule has 1 atom stereocenters. The van der Waals surface area contributed by atoms with Crippen LogP contribution in [0.3, 0.4) is 0 Å². The number of pyridine rings is 1. The molecule has 1 aliphatic rings. The molecule has 0 bridgehead atoms. The maximum Gasteiger partial charge on any atom is 0.326 e. The lowest BCUT2D eigenvalue weighted by Gasteiger charge is -2.22. The third-order valence-corrected chi connectivity index (χ3v) is 5.94. The lowest BCUT2D eigenvalue weighted by molar-refractivity contribution is -0.145. The van der Waals surface area contributed by atoms with E-state index in [0.29, 0.717) is 17.1 Å². The molecule has 0 radical (unpaired) electrons. The number of para-hydroxylation sites is 1. The average Bonchev–Trinajstić information content (AvgIpc) is 2.90. The number of carbonyl (C=O) groups excluding carboxylic acids is 1. The number of amides is 1. The summed E-state index contributed by atoms with van der Waals surface area (Å²) in [5.41, 5.74) is 1.59. The molecule has 3 rings (SSSR count). The van der Waals surface area contributed by atoms with Gasteiger partial charge in [0, 0.05) is 17.1 Å². The van der Waals surface area contributed by atoms with Crippen molar-refractivity contribution < 1.29 is 14.7 Å². The summed E-state index contributed by atoms with van der Waals surface area (Å²) in [5.74, 6) is -0.759. The average molecular weight is 405 g/mol. The van der Waals surface area contributed by atoms with Crippen LogP contribution in [-0.4, -0.2) is 49.2 Å². The fraction of sp³-hybridized carbons (Fsp3) is 0.222. The second-order valence-electron chi connectivity index (χ2n) is 5.61. The highest BCUT2D eigenvalue weighted by Crippen LogP contribution is 2.35. The molecular formula is C18H16N2O3S3. The highest BCUT2D eigenvalue weighted by atomic mass is 32.2. The number of benzene rings is 1. The number of thioether (sulfide) groups is 2. The van der Waals surface area contributed by atoms with E-state index >= 15 is 0 Å². The van der Waals surface area contributed by atoms with Gasteiger partial charge in [-0.3, -0.25) is 14.7 Å². The van der Waals surface area contributed by atoms with Gasteiger partial charge in [-0.05, 0) is 30.6 Å². The van der Waals surface area contributed by atoms with E-state index in [2.05, 4.69) is 4.98 Å². The van der Waals surface area contributed by atoms with Crippen LogP contribution in [0, 0.1) is 0 Å². The fourth-order valence-electron chi connectivity index (χ4n) is 2.73. The normalized spacial score (nSPS) is 17.3. The molecule has 1 aromatic heterocycles. The molecule has 5 nitrogen and oxygen atoms in total. The number of carboxylic acids is 1. The number of hydrogen-bond donors (Lipinski definition) is 1. The number of aliphatic carboxylic acids is 1. The summed E-state index contributed by atoms with van der Waals surface area (Å²) in [5, 5.41) is 10.5. The zero-order chi connectivity index (χ0) is 18.7. The van der Waals surface area contributed by atoms with E-state index in [1.54, 1.807) is 12.3 Å². The number of nitrogens with zero attached hydrogens (tertiary/aromatic N) is 2. The van der Waals surface area contributed by atoms with E-state index < -0.39 is 12.0 Å². The van der Waals surface area contributed by atoms with Crippen molar-refractivity contribution in [3.8, 4) is 0 Å². The van der Waals surface area contributed by atoms with Crippen molar-refractivity contribution in [3.05, 3.63) is 47.0 Å². The number of fused-ring (bicyclic) bond motifs is 1. The summed E-state index contributed by atoms with van der Waals surface area (Å²) in [6.45, 7) is 0. The molecular weight excluding hydrogens is 388 g/mol. The Labute approximate surface area is 164 Å². The Bertz CT molecular complexity index is 908. The van der Waals surface area contributed by atoms with Gasteiger partial charge in [-0.15, -0.1) is 0 Å². The second-order valence-corrected chi connectivity index (χ2v) is 8.27. The van der Waals surface area contributed by atoms with E-state index in [9.17, 15) is 14.7 Å². The maximum absolute atomic E-state index is 12.8. The number of aromatic nitrogens is 1. The first-order chi connectivity index (χ1) is 12.5. The Morgan fingerprint density at radius 3 is 2.92 bits per heavy atom. The predicted octanol–water partition coefficient (Wildman–Crippen LogP) is 3.64. The molecule has 134 valence electrons. The van der Waals surface area contributed by atoms with Crippen molar-refractivity contribution in [1.82, 2.24) is 9.88 Å². The van der Waals surface area contributed by atoms with Crippen LogP contribution in [0.15, 0.2) is 41.4 Å². The van der Waals surface area contributed by atoms with Gasteiger partial charge in [-0.1, -0.05) is 48.2 Å². The monoisotopic (exact) mass is 404 g/mol. The molecule has 1 saturated heterocycles. The summed E-state index contributed by atoms with van der Waals surface area (Å²) in [6.07, 6.45) is 5.69. The van der Waals surface area contributed by atoms with Crippen molar-refractivity contribution in [2.24, 2.45) is 0 Å². The van der Waals surface area contributed by atoms with E-state index in [4.69, 9.17) is 12.2 Å². The van der Waals surface area contributed by atoms with Crippen LogP contribution in [0.2, 0.25) is 0 Å². The van der Waals surface area contributed by atoms with Crippen LogP contribution in [0.25, 0.3) is 17.0 Å². The van der Waals surface area contributed by atoms with Crippen molar-refractivity contribution in [3.63, 3.8) is 0 Å². The third kappa shape index (κ3) is 3.77. The molecule has 8 heteroatoms. The van der Waals surface area contributed by atoms with Gasteiger partial charge in [0.25, 0.3) is 5.91 Å². The van der Waals surface area contributed by atoms with E-state index in [1.165, 1.54) is 16.7 Å². The van der Waals surface area contributed by atoms with Crippen molar-refractivity contribution in [1.29, 1.82) is 0 Å². The van der Waals surface area contributed by atoms with Gasteiger partial charge in [0.2, 0.25) is 0 Å². The number of rotatable bonds is 6. The fourth-order valence-corrected chi connectivity index (χ4v) is 4.53. The topological polar surface area (TPSA) is 70.5 Å². The van der Waals surface area contributed by atoms with Gasteiger partial charge < -0.3 is 5.11 Å². The highest BCUT2D eigenvalue weighted by molar-refractivity contribution is 8.26. The maximum atomic E-state index is 12.8. The van der Waals surface area contributed by atoms with Gasteiger partial charge in [-0.2, -0.15) is 11.8 Å². The molecule has 1 aromatic carbocycles. The SMILES string of the molecule is CSCCC(C(=O)O)N1C(=O)/C(=C/c2cccc3cccnc23)SC1=S. The number of carbonyl (C=O) groups is 2. The zero-order valence-corrected chi connectivity index (χ0v) is 16.4. The Kier molecular flexibility index (Phi) is 5.95. The Morgan fingerprint density at radius 2 is 2.19 bits per heavy atom. The quantitative estimate of drug-likeness (QED) is 0.582. The molecule has 0 spiro atoms. The van der Waals surface area contributed by atoms with Gasteiger partial charge in [-0.25, -0.2) is 4.79 Å². The van der Waals surface area contributed by atoms with Crippen molar-refractivity contribution in [2.45, 2.75) is 12.5 Å². The van der Waals surface area contributed by atoms with Crippen molar-refractivity contribution in [2.75, 3.05) is 12.0 Å². The van der Waals surface area contributed by atoms with Gasteiger partial charge in [0.1, 0.15) is 10.4 Å². The lowest BCUT2D eigenvalue weighted by Crippen LogP contribution is -2.44. The Hall–Kier alpha value is -1.90. The van der Waals surface area contributed by atoms with Crippen LogP contribution in [0.1, 0.15) is 12.0 Å². The summed E-state index contributed by atoms with van der Waals surface area (Å²) < 4.78 is 0.281. The predicted molar refractivity (Wildman–Crippen MR) is 111 cm³/mol. The number of carboxylic acid groups (broad SMARTS) is 1. The van der Waals surface area contributed by atoms with Crippen LogP contribution < -0.4 is 0 Å². The zero-order valence-electron chi connectivity index (χ0n) is 13.9. The van der Waals surface area contributed by atoms with Crippen LogP contribution in [0.4, 0.5) is 0 Å². The first-order valence-electron chi connectivity index (χ1n) is 7.85. The molecule has 0 aliphatic carbocycles. The lowest BCUT2D eigenvalue weighted by atomic mass is 10.1. The summed E-state index contributed by atoms with van der Waals surface area (Å²) in [4.78, 5) is 30.5. The van der Waals surface area contributed by atoms with Crippen LogP contribution >= 0.6 is 35.7 Å². The summed E-state index contributed by atoms with van der Waals surface area (Å²) in [6, 6.07) is 8.60. The molecule has 26 heavy (non-hydrogen) atoms. The molecule has 1 N–H and O–H groups in total. The minimum absolute atomic E-state index is 0.281. The molecule has 0 saturated carbocycles. The van der Waals surface area contributed by atoms with Crippen LogP contribution in [-0.2, 0) is 9.59 Å². The molecule has 1 amide bonds. The molecule has 2 heterocycles. The van der Waals surface area contributed by atoms with Crippen LogP contribution in [0.5, 0.6) is 0 Å². The molecule has 1 unspecified atom stereocenters. The minimum Gasteiger partial charge on any atom is -0.480 e. The first-order valence-corrected chi connectivity index (χ1v) is 10.5. The number of hydrogen-bond acceptors (Lipinski definition) is 6. The van der Waals surface area contributed by atoms with Crippen molar-refractivity contribution >= 4 is 68.9 Å². The largest absolute Gasteiger partial charge is 0.480 e. The van der Waals surface area contributed by atoms with Gasteiger partial charge >= 0.3 is 5.97 Å². The van der Waals surface area contributed by atoms with E-state index in [-0.39, 0.29) is 10.2 Å². The van der Waals surface area contributed by atoms with Gasteiger partial charge in [0.05, 0.1) is 10.4 Å². The van der Waals surface area contributed by atoms with E-state index in [1.807, 2.05) is 36.6 Å². The third-order valence-electron chi connectivity index (χ3n) is 3.97. The summed E-state index contributed by atoms with van der Waals surface area (Å²) in [7, 11) is 0. The highest BCUT2D eigenvalue weighted by Gasteiger charge is 2.40. The van der Waals surface area contributed by atoms with E-state index in [0.717, 1.165) is 28.2 Å². The second kappa shape index (κ2) is 8.20. The molecule has 1 fully saturated rings. The Balaban J connectivity index is 1.95. The standard InChI is InChI=1S/C18H16N2O3S3/c1-25-9-7-13(17(22)23)20-16(21)14(26-18(20)24)10-12-5-2-4-11-6-3-8-19-15(11)12/h2-6,8,10,13H,7,9H2,1H3,(H,22,23)/b14-10-. The minimum atomic E-state index is -1.04. The summed E-state index contributed by atoms with van der Waals surface area (Å²) >= 11 is 7.97. The first kappa shape index (κ1) is 18.9. The van der Waals surface area contributed by atoms with Gasteiger partial charge in [0.15, 0.2) is 0 Å². The Morgan fingerprint density at radius 1 is 1.42 bits per heavy atom. The molecule has 1 aliphatic heterocycles. The smallest absolute Gasteiger partial charge is 0.326 e. The molecule has 2 aromatic rings.